The monoisotopic (exact) mass is 240 g/mol. The number of hydrogen-bond acceptors (Lipinski definition) is 3. The highest BCUT2D eigenvalue weighted by Gasteiger charge is 2.19. The fourth-order valence-corrected chi connectivity index (χ4v) is 2.29. The Labute approximate surface area is 99.1 Å². The Balaban J connectivity index is 2.70. The number of hydrogen-bond donors (Lipinski definition) is 1. The highest BCUT2D eigenvalue weighted by molar-refractivity contribution is 7.12. The third-order valence-corrected chi connectivity index (χ3v) is 3.00. The van der Waals surface area contributed by atoms with Crippen molar-refractivity contribution in [2.45, 2.75) is 33.6 Å². The van der Waals surface area contributed by atoms with Gasteiger partial charge in [-0.1, -0.05) is 20.8 Å². The first-order valence-corrected chi connectivity index (χ1v) is 5.99. The summed E-state index contributed by atoms with van der Waals surface area (Å²) in [5, 5.41) is 10.6. The predicted octanol–water partition coefficient (Wildman–Crippen LogP) is 2.99. The average Bonchev–Trinajstić information content (AvgIpc) is 2.47. The van der Waals surface area contributed by atoms with E-state index in [2.05, 4.69) is 0 Å². The molecule has 88 valence electrons. The lowest BCUT2D eigenvalue weighted by Crippen LogP contribution is -2.15. The quantitative estimate of drug-likeness (QED) is 0.880. The number of carbonyl (C=O) groups excluding carboxylic acids is 1. The molecule has 4 heteroatoms. The molecule has 0 aromatic carbocycles. The summed E-state index contributed by atoms with van der Waals surface area (Å²) in [6.07, 6.45) is 0.699. The summed E-state index contributed by atoms with van der Waals surface area (Å²) in [6, 6.07) is 1.72. The van der Waals surface area contributed by atoms with Crippen molar-refractivity contribution in [3.8, 4) is 0 Å². The molecule has 0 aliphatic heterocycles. The maximum atomic E-state index is 11.7. The molecule has 0 aliphatic rings. The van der Waals surface area contributed by atoms with Gasteiger partial charge in [-0.15, -0.1) is 11.3 Å². The number of ketones is 1. The van der Waals surface area contributed by atoms with Crippen LogP contribution >= 0.6 is 11.3 Å². The lowest BCUT2D eigenvalue weighted by atomic mass is 9.88. The van der Waals surface area contributed by atoms with Gasteiger partial charge in [0.05, 0.1) is 0 Å². The minimum Gasteiger partial charge on any atom is -0.477 e. The van der Waals surface area contributed by atoms with Crippen molar-refractivity contribution in [3.63, 3.8) is 0 Å². The Morgan fingerprint density at radius 2 is 2.00 bits per heavy atom. The van der Waals surface area contributed by atoms with E-state index in [4.69, 9.17) is 5.11 Å². The van der Waals surface area contributed by atoms with Gasteiger partial charge in [-0.2, -0.15) is 0 Å². The second-order valence-electron chi connectivity index (χ2n) is 5.03. The number of thiophene rings is 1. The smallest absolute Gasteiger partial charge is 0.346 e. The van der Waals surface area contributed by atoms with Gasteiger partial charge in [0.15, 0.2) is 0 Å². The second kappa shape index (κ2) is 4.78. The largest absolute Gasteiger partial charge is 0.477 e. The maximum absolute atomic E-state index is 11.7. The molecule has 0 spiro atoms. The molecule has 0 bridgehead atoms. The fraction of sp³-hybridized carbons (Fsp3) is 0.500. The summed E-state index contributed by atoms with van der Waals surface area (Å²) < 4.78 is 0. The van der Waals surface area contributed by atoms with Crippen molar-refractivity contribution >= 4 is 23.1 Å². The Hall–Kier alpha value is -1.16. The molecule has 0 saturated heterocycles. The SMILES string of the molecule is CC(C)(C)CC(=O)Cc1ccsc1C(=O)O. The standard InChI is InChI=1S/C12H16O3S/c1-12(2,3)7-9(13)6-8-4-5-16-10(8)11(14)15/h4-5H,6-7H2,1-3H3,(H,14,15). The molecule has 1 rings (SSSR count). The zero-order chi connectivity index (χ0) is 12.3. The number of carboxylic acids is 1. The summed E-state index contributed by atoms with van der Waals surface area (Å²) in [4.78, 5) is 22.8. The van der Waals surface area contributed by atoms with Crippen molar-refractivity contribution in [2.75, 3.05) is 0 Å². The summed E-state index contributed by atoms with van der Waals surface area (Å²) in [6.45, 7) is 5.99. The van der Waals surface area contributed by atoms with Gasteiger partial charge in [-0.05, 0) is 22.4 Å². The van der Waals surface area contributed by atoms with Crippen LogP contribution in [0.25, 0.3) is 0 Å². The van der Waals surface area contributed by atoms with Crippen molar-refractivity contribution in [1.82, 2.24) is 0 Å². The van der Waals surface area contributed by atoms with Crippen LogP contribution in [0.1, 0.15) is 42.4 Å². The number of aromatic carboxylic acids is 1. The van der Waals surface area contributed by atoms with Crippen LogP contribution in [-0.2, 0) is 11.2 Å². The van der Waals surface area contributed by atoms with Gasteiger partial charge in [0.2, 0.25) is 0 Å². The van der Waals surface area contributed by atoms with Crippen LogP contribution in [-0.4, -0.2) is 16.9 Å². The van der Waals surface area contributed by atoms with Crippen molar-refractivity contribution in [2.24, 2.45) is 5.41 Å². The van der Waals surface area contributed by atoms with E-state index < -0.39 is 5.97 Å². The number of Topliss-reactive ketones (excluding diaryl/α,β-unsaturated/α-hetero) is 1. The van der Waals surface area contributed by atoms with Gasteiger partial charge in [-0.25, -0.2) is 4.79 Å². The first-order valence-electron chi connectivity index (χ1n) is 5.11. The maximum Gasteiger partial charge on any atom is 0.346 e. The first kappa shape index (κ1) is 12.9. The molecule has 16 heavy (non-hydrogen) atoms. The lowest BCUT2D eigenvalue weighted by molar-refractivity contribution is -0.120. The van der Waals surface area contributed by atoms with Gasteiger partial charge >= 0.3 is 5.97 Å². The zero-order valence-corrected chi connectivity index (χ0v) is 10.6. The lowest BCUT2D eigenvalue weighted by Gasteiger charge is -2.16. The van der Waals surface area contributed by atoms with Crippen LogP contribution in [0.3, 0.4) is 0 Å². The number of carbonyl (C=O) groups is 2. The molecule has 0 unspecified atom stereocenters. The van der Waals surface area contributed by atoms with E-state index in [-0.39, 0.29) is 22.5 Å². The van der Waals surface area contributed by atoms with E-state index in [1.54, 1.807) is 11.4 Å². The third-order valence-electron chi connectivity index (χ3n) is 2.06. The normalized spacial score (nSPS) is 11.4. The van der Waals surface area contributed by atoms with E-state index in [1.807, 2.05) is 20.8 Å². The van der Waals surface area contributed by atoms with Gasteiger partial charge in [0, 0.05) is 12.8 Å². The minimum absolute atomic E-state index is 0.0451. The van der Waals surface area contributed by atoms with Gasteiger partial charge in [0.1, 0.15) is 10.7 Å². The second-order valence-corrected chi connectivity index (χ2v) is 5.95. The molecule has 1 aromatic rings. The van der Waals surface area contributed by atoms with Gasteiger partial charge in [0.25, 0.3) is 0 Å². The Morgan fingerprint density at radius 1 is 1.38 bits per heavy atom. The minimum atomic E-state index is -0.950. The van der Waals surface area contributed by atoms with Crippen LogP contribution in [0.5, 0.6) is 0 Å². The van der Waals surface area contributed by atoms with Crippen molar-refractivity contribution < 1.29 is 14.7 Å². The molecule has 3 nitrogen and oxygen atoms in total. The molecule has 1 N–H and O–H groups in total. The Morgan fingerprint density at radius 3 is 2.50 bits per heavy atom. The van der Waals surface area contributed by atoms with Crippen LogP contribution in [0, 0.1) is 5.41 Å². The zero-order valence-electron chi connectivity index (χ0n) is 9.74. The van der Waals surface area contributed by atoms with Gasteiger partial charge in [-0.3, -0.25) is 4.79 Å². The van der Waals surface area contributed by atoms with Gasteiger partial charge < -0.3 is 5.11 Å². The van der Waals surface area contributed by atoms with E-state index in [0.717, 1.165) is 0 Å². The Kier molecular flexibility index (Phi) is 3.86. The van der Waals surface area contributed by atoms with E-state index in [9.17, 15) is 9.59 Å². The third kappa shape index (κ3) is 3.77. The highest BCUT2D eigenvalue weighted by Crippen LogP contribution is 2.22. The molecular weight excluding hydrogens is 224 g/mol. The summed E-state index contributed by atoms with van der Waals surface area (Å²) in [5.41, 5.74) is 0.586. The summed E-state index contributed by atoms with van der Waals surface area (Å²) in [7, 11) is 0. The summed E-state index contributed by atoms with van der Waals surface area (Å²) in [5.74, 6) is -0.859. The molecule has 1 heterocycles. The average molecular weight is 240 g/mol. The van der Waals surface area contributed by atoms with E-state index in [1.165, 1.54) is 11.3 Å². The topological polar surface area (TPSA) is 54.4 Å². The first-order chi connectivity index (χ1) is 7.29. The molecule has 0 amide bonds. The molecule has 0 fully saturated rings. The van der Waals surface area contributed by atoms with E-state index >= 15 is 0 Å². The van der Waals surface area contributed by atoms with Crippen LogP contribution < -0.4 is 0 Å². The fourth-order valence-electron chi connectivity index (χ4n) is 1.53. The highest BCUT2D eigenvalue weighted by atomic mass is 32.1. The van der Waals surface area contributed by atoms with Crippen molar-refractivity contribution in [3.05, 3.63) is 21.9 Å². The molecule has 1 aromatic heterocycles. The van der Waals surface area contributed by atoms with Crippen LogP contribution in [0.15, 0.2) is 11.4 Å². The molecule has 0 saturated carbocycles. The van der Waals surface area contributed by atoms with Crippen molar-refractivity contribution in [1.29, 1.82) is 0 Å². The Bertz CT molecular complexity index is 399. The molecule has 0 aliphatic carbocycles. The predicted molar refractivity (Wildman–Crippen MR) is 64.1 cm³/mol. The van der Waals surface area contributed by atoms with E-state index in [0.29, 0.717) is 12.0 Å². The molecular formula is C12H16O3S. The summed E-state index contributed by atoms with van der Waals surface area (Å²) >= 11 is 1.17. The number of carboxylic acid groups (broad SMARTS) is 1. The van der Waals surface area contributed by atoms with Crippen LogP contribution in [0.2, 0.25) is 0 Å². The van der Waals surface area contributed by atoms with Crippen LogP contribution in [0.4, 0.5) is 0 Å². The number of rotatable bonds is 4. The molecule has 0 atom stereocenters. The molecule has 0 radical (unpaired) electrons.